The molecule has 0 bridgehead atoms. The monoisotopic (exact) mass is 350 g/mol. The summed E-state index contributed by atoms with van der Waals surface area (Å²) in [6.07, 6.45) is 9.45. The molecule has 2 unspecified atom stereocenters. The highest BCUT2D eigenvalue weighted by Gasteiger charge is 2.38. The molecular weight excluding hydrogens is 328 g/mol. The third-order valence-corrected chi connectivity index (χ3v) is 4.47. The molecule has 4 nitrogen and oxygen atoms in total. The van der Waals surface area contributed by atoms with Crippen LogP contribution in [0.15, 0.2) is 77.4 Å². The van der Waals surface area contributed by atoms with Crippen LogP contribution in [0, 0.1) is 5.92 Å². The summed E-state index contributed by atoms with van der Waals surface area (Å²) < 4.78 is 10.5. The lowest BCUT2D eigenvalue weighted by molar-refractivity contribution is -0.144. The molecule has 1 aromatic carbocycles. The van der Waals surface area contributed by atoms with Crippen LogP contribution in [0.25, 0.3) is 0 Å². The zero-order valence-electron chi connectivity index (χ0n) is 15.0. The summed E-state index contributed by atoms with van der Waals surface area (Å²) in [4.78, 5) is 25.1. The van der Waals surface area contributed by atoms with Crippen LogP contribution in [0.4, 0.5) is 0 Å². The second-order valence-electron chi connectivity index (χ2n) is 6.03. The molecule has 0 aromatic heterocycles. The molecule has 0 fully saturated rings. The van der Waals surface area contributed by atoms with Gasteiger partial charge in [0.2, 0.25) is 0 Å². The molecule has 3 rings (SSSR count). The molecule has 2 aliphatic rings. The zero-order chi connectivity index (χ0) is 18.5. The molecule has 0 heterocycles. The molecule has 4 heteroatoms. The lowest BCUT2D eigenvalue weighted by atomic mass is 9.85. The Kier molecular flexibility index (Phi) is 5.52. The van der Waals surface area contributed by atoms with Crippen molar-refractivity contribution >= 4 is 11.9 Å². The molecule has 2 aliphatic carbocycles. The van der Waals surface area contributed by atoms with E-state index in [1.54, 1.807) is 19.9 Å². The largest absolute Gasteiger partial charge is 0.465 e. The molecule has 0 radical (unpaired) electrons. The van der Waals surface area contributed by atoms with E-state index in [0.29, 0.717) is 12.2 Å². The molecule has 0 saturated heterocycles. The van der Waals surface area contributed by atoms with Gasteiger partial charge in [0.25, 0.3) is 0 Å². The predicted octanol–water partition coefficient (Wildman–Crippen LogP) is 3.88. The summed E-state index contributed by atoms with van der Waals surface area (Å²) in [5.41, 5.74) is 3.12. The summed E-state index contributed by atoms with van der Waals surface area (Å²) in [5, 5.41) is 0. The second kappa shape index (κ2) is 8.00. The highest BCUT2D eigenvalue weighted by molar-refractivity contribution is 5.99. The first-order chi connectivity index (χ1) is 12.7. The third-order valence-electron chi connectivity index (χ3n) is 4.47. The lowest BCUT2D eigenvalue weighted by Gasteiger charge is -2.19. The van der Waals surface area contributed by atoms with E-state index in [4.69, 9.17) is 9.47 Å². The SMILES string of the molecule is CCOC(=O)C1=CC(C(=O)OCC)C2=C1C(c1ccccc1)C=CC=C2. The number of allylic oxidation sites excluding steroid dienone is 4. The Morgan fingerprint density at radius 1 is 1.00 bits per heavy atom. The fourth-order valence-electron chi connectivity index (χ4n) is 3.39. The number of hydrogen-bond donors (Lipinski definition) is 0. The molecule has 26 heavy (non-hydrogen) atoms. The highest BCUT2D eigenvalue weighted by Crippen LogP contribution is 2.43. The normalized spacial score (nSPS) is 21.1. The molecule has 0 spiro atoms. The van der Waals surface area contributed by atoms with E-state index in [0.717, 1.165) is 16.7 Å². The number of ether oxygens (including phenoxy) is 2. The maximum atomic E-state index is 12.6. The van der Waals surface area contributed by atoms with Crippen LogP contribution in [0.5, 0.6) is 0 Å². The van der Waals surface area contributed by atoms with Crippen molar-refractivity contribution in [2.45, 2.75) is 19.8 Å². The molecule has 0 N–H and O–H groups in total. The van der Waals surface area contributed by atoms with Crippen LogP contribution >= 0.6 is 0 Å². The molecule has 2 atom stereocenters. The van der Waals surface area contributed by atoms with Gasteiger partial charge in [-0.2, -0.15) is 0 Å². The predicted molar refractivity (Wildman–Crippen MR) is 99.3 cm³/mol. The van der Waals surface area contributed by atoms with Gasteiger partial charge in [0.1, 0.15) is 5.92 Å². The van der Waals surface area contributed by atoms with Crippen molar-refractivity contribution < 1.29 is 19.1 Å². The van der Waals surface area contributed by atoms with Crippen molar-refractivity contribution in [1.29, 1.82) is 0 Å². The Morgan fingerprint density at radius 2 is 1.73 bits per heavy atom. The van der Waals surface area contributed by atoms with E-state index in [-0.39, 0.29) is 18.5 Å². The van der Waals surface area contributed by atoms with Gasteiger partial charge in [-0.05, 0) is 30.6 Å². The van der Waals surface area contributed by atoms with Gasteiger partial charge < -0.3 is 9.47 Å². The van der Waals surface area contributed by atoms with Crippen LogP contribution in [-0.4, -0.2) is 25.2 Å². The Bertz CT molecular complexity index is 812. The fraction of sp³-hybridized carbons (Fsp3) is 0.273. The molecular formula is C22H22O4. The van der Waals surface area contributed by atoms with Gasteiger partial charge in [0.05, 0.1) is 18.8 Å². The van der Waals surface area contributed by atoms with Crippen molar-refractivity contribution in [2.24, 2.45) is 5.92 Å². The van der Waals surface area contributed by atoms with Crippen LogP contribution in [-0.2, 0) is 19.1 Å². The number of carbonyl (C=O) groups is 2. The lowest BCUT2D eigenvalue weighted by Crippen LogP contribution is -2.16. The number of esters is 2. The molecule has 0 amide bonds. The van der Waals surface area contributed by atoms with Crippen LogP contribution in [0.3, 0.4) is 0 Å². The Morgan fingerprint density at radius 3 is 2.42 bits per heavy atom. The summed E-state index contributed by atoms with van der Waals surface area (Å²) in [5.74, 6) is -1.47. The van der Waals surface area contributed by atoms with Gasteiger partial charge in [-0.15, -0.1) is 0 Å². The number of rotatable bonds is 5. The smallest absolute Gasteiger partial charge is 0.338 e. The van der Waals surface area contributed by atoms with Crippen LogP contribution < -0.4 is 0 Å². The van der Waals surface area contributed by atoms with E-state index in [2.05, 4.69) is 0 Å². The van der Waals surface area contributed by atoms with Crippen LogP contribution in [0.2, 0.25) is 0 Å². The summed E-state index contributed by atoms with van der Waals surface area (Å²) in [7, 11) is 0. The van der Waals surface area contributed by atoms with Crippen molar-refractivity contribution in [3.63, 3.8) is 0 Å². The average molecular weight is 350 g/mol. The topological polar surface area (TPSA) is 52.6 Å². The van der Waals surface area contributed by atoms with Gasteiger partial charge in [-0.1, -0.05) is 60.7 Å². The maximum absolute atomic E-state index is 12.6. The number of carbonyl (C=O) groups excluding carboxylic acids is 2. The van der Waals surface area contributed by atoms with Crippen LogP contribution in [0.1, 0.15) is 25.3 Å². The van der Waals surface area contributed by atoms with E-state index < -0.39 is 11.9 Å². The van der Waals surface area contributed by atoms with E-state index in [1.807, 2.05) is 54.6 Å². The summed E-state index contributed by atoms with van der Waals surface area (Å²) in [6.45, 7) is 4.12. The molecule has 0 aliphatic heterocycles. The first kappa shape index (κ1) is 17.9. The Labute approximate surface area is 153 Å². The first-order valence-electron chi connectivity index (χ1n) is 8.87. The van der Waals surface area contributed by atoms with Gasteiger partial charge in [-0.25, -0.2) is 4.79 Å². The zero-order valence-corrected chi connectivity index (χ0v) is 15.0. The quantitative estimate of drug-likeness (QED) is 0.757. The highest BCUT2D eigenvalue weighted by atomic mass is 16.5. The Hall–Kier alpha value is -2.88. The minimum absolute atomic E-state index is 0.128. The van der Waals surface area contributed by atoms with Crippen molar-refractivity contribution in [3.05, 3.63) is 83.0 Å². The van der Waals surface area contributed by atoms with Crippen molar-refractivity contribution in [1.82, 2.24) is 0 Å². The van der Waals surface area contributed by atoms with Gasteiger partial charge >= 0.3 is 11.9 Å². The average Bonchev–Trinajstić information content (AvgIpc) is 2.89. The van der Waals surface area contributed by atoms with Gasteiger partial charge in [-0.3, -0.25) is 4.79 Å². The van der Waals surface area contributed by atoms with Gasteiger partial charge in [0, 0.05) is 5.92 Å². The van der Waals surface area contributed by atoms with Gasteiger partial charge in [0.15, 0.2) is 0 Å². The fourth-order valence-corrected chi connectivity index (χ4v) is 3.39. The second-order valence-corrected chi connectivity index (χ2v) is 6.03. The maximum Gasteiger partial charge on any atom is 0.338 e. The molecule has 1 aromatic rings. The summed E-state index contributed by atoms with van der Waals surface area (Å²) >= 11 is 0. The number of hydrogen-bond acceptors (Lipinski definition) is 4. The standard InChI is InChI=1S/C22H22O4/c1-3-25-21(23)18-14-19(22(24)26-4-2)20-16(12-8-9-13-17(18)20)15-10-6-5-7-11-15/h5-14,16,18H,3-4H2,1-2H3. The minimum atomic E-state index is -0.591. The van der Waals surface area contributed by atoms with Crippen molar-refractivity contribution in [2.75, 3.05) is 13.2 Å². The minimum Gasteiger partial charge on any atom is -0.465 e. The third kappa shape index (κ3) is 3.40. The van der Waals surface area contributed by atoms with E-state index in [9.17, 15) is 9.59 Å². The first-order valence-corrected chi connectivity index (χ1v) is 8.87. The van der Waals surface area contributed by atoms with E-state index >= 15 is 0 Å². The van der Waals surface area contributed by atoms with Crippen molar-refractivity contribution in [3.8, 4) is 0 Å². The number of benzene rings is 1. The molecule has 134 valence electrons. The van der Waals surface area contributed by atoms with E-state index in [1.165, 1.54) is 0 Å². The summed E-state index contributed by atoms with van der Waals surface area (Å²) in [6, 6.07) is 9.92. The molecule has 0 saturated carbocycles. The Balaban J connectivity index is 2.12.